The molecule has 0 bridgehead atoms. The number of benzene rings is 1. The predicted molar refractivity (Wildman–Crippen MR) is 125 cm³/mol. The van der Waals surface area contributed by atoms with Crippen molar-refractivity contribution in [1.82, 2.24) is 9.97 Å². The second-order valence-corrected chi connectivity index (χ2v) is 7.93. The number of para-hydroxylation sites is 1. The summed E-state index contributed by atoms with van der Waals surface area (Å²) in [6.07, 6.45) is 14.9. The molecule has 6 heteroatoms. The van der Waals surface area contributed by atoms with Gasteiger partial charge in [-0.3, -0.25) is 0 Å². The van der Waals surface area contributed by atoms with Gasteiger partial charge in [-0.05, 0) is 30.2 Å². The molecule has 0 amide bonds. The molecule has 1 aromatic heterocycles. The van der Waals surface area contributed by atoms with Gasteiger partial charge in [0.1, 0.15) is 17.8 Å². The molecule has 0 atom stereocenters. The van der Waals surface area contributed by atoms with Gasteiger partial charge in [0.25, 0.3) is 0 Å². The van der Waals surface area contributed by atoms with E-state index in [9.17, 15) is 5.26 Å². The van der Waals surface area contributed by atoms with Crippen molar-refractivity contribution < 1.29 is 0 Å². The third kappa shape index (κ3) is 5.72. The van der Waals surface area contributed by atoms with Gasteiger partial charge in [-0.2, -0.15) is 10.5 Å². The number of anilines is 1. The van der Waals surface area contributed by atoms with Crippen molar-refractivity contribution in [2.45, 2.75) is 51.9 Å². The molecule has 0 N–H and O–H groups in total. The Bertz CT molecular complexity index is 1060. The Morgan fingerprint density at radius 3 is 2.39 bits per heavy atom. The van der Waals surface area contributed by atoms with Gasteiger partial charge in [0, 0.05) is 24.0 Å². The number of nitrogens with zero attached hydrogens (tertiary/aromatic N) is 5. The summed E-state index contributed by atoms with van der Waals surface area (Å²) in [6, 6.07) is 12.0. The predicted octanol–water partition coefficient (Wildman–Crippen LogP) is 6.50. The van der Waals surface area contributed by atoms with E-state index in [1.54, 1.807) is 0 Å². The lowest BCUT2D eigenvalue weighted by Gasteiger charge is -2.27. The van der Waals surface area contributed by atoms with Crippen LogP contribution in [-0.4, -0.2) is 16.5 Å². The zero-order chi connectivity index (χ0) is 22.1. The summed E-state index contributed by atoms with van der Waals surface area (Å²) in [6.45, 7) is 3.22. The Kier molecular flexibility index (Phi) is 8.21. The van der Waals surface area contributed by atoms with Crippen LogP contribution in [0.15, 0.2) is 36.5 Å². The lowest BCUT2D eigenvalue weighted by atomic mass is 9.98. The number of fused-ring (bicyclic) bond motifs is 1. The van der Waals surface area contributed by atoms with Gasteiger partial charge in [-0.1, -0.05) is 75.2 Å². The summed E-state index contributed by atoms with van der Waals surface area (Å²) < 4.78 is 0. The number of rotatable bonds is 9. The van der Waals surface area contributed by atoms with E-state index in [1.165, 1.54) is 38.5 Å². The molecule has 0 saturated carbocycles. The molecule has 0 spiro atoms. The van der Waals surface area contributed by atoms with Crippen LogP contribution < -0.4 is 4.90 Å². The van der Waals surface area contributed by atoms with Crippen LogP contribution >= 0.6 is 11.6 Å². The fourth-order valence-corrected chi connectivity index (χ4v) is 3.87. The Hall–Kier alpha value is -3.15. The summed E-state index contributed by atoms with van der Waals surface area (Å²) in [4.78, 5) is 10.5. The second-order valence-electron chi connectivity index (χ2n) is 7.57. The van der Waals surface area contributed by atoms with Gasteiger partial charge < -0.3 is 4.90 Å². The second kappa shape index (κ2) is 11.3. The molecular formula is C25H26ClN5. The molecule has 2 aromatic rings. The number of unbranched alkanes of at least 4 members (excludes halogenated alkanes) is 6. The molecule has 2 heterocycles. The van der Waals surface area contributed by atoms with Gasteiger partial charge in [-0.15, -0.1) is 0 Å². The molecule has 31 heavy (non-hydrogen) atoms. The Morgan fingerprint density at radius 2 is 1.65 bits per heavy atom. The van der Waals surface area contributed by atoms with Crippen LogP contribution in [0.25, 0.3) is 11.6 Å². The fraction of sp³-hybridized carbons (Fsp3) is 0.360. The largest absolute Gasteiger partial charge is 0.347 e. The van der Waals surface area contributed by atoms with Crippen molar-refractivity contribution in [1.29, 1.82) is 10.5 Å². The van der Waals surface area contributed by atoms with E-state index >= 15 is 0 Å². The van der Waals surface area contributed by atoms with Gasteiger partial charge in [-0.25, -0.2) is 9.97 Å². The first kappa shape index (κ1) is 22.5. The first-order valence-electron chi connectivity index (χ1n) is 10.8. The number of allylic oxidation sites excluding steroid dienone is 2. The van der Waals surface area contributed by atoms with Crippen molar-refractivity contribution in [3.8, 4) is 12.1 Å². The van der Waals surface area contributed by atoms with Crippen LogP contribution in [0, 0.1) is 22.7 Å². The van der Waals surface area contributed by atoms with Crippen molar-refractivity contribution in [3.05, 3.63) is 64.3 Å². The van der Waals surface area contributed by atoms with E-state index in [4.69, 9.17) is 16.9 Å². The number of halogens is 1. The Labute approximate surface area is 189 Å². The number of nitriles is 2. The standard InChI is InChI=1S/C25H26ClN5/c1-2-3-4-5-6-7-10-14-31-15-13-19(20-11-8-9-12-24(20)31)16-21-25(26)30-23(18-28)22(17-27)29-21/h8-9,11-13,15-16H,2-7,10,14H2,1H3/b19-16-. The van der Waals surface area contributed by atoms with Crippen LogP contribution in [-0.2, 0) is 0 Å². The highest BCUT2D eigenvalue weighted by molar-refractivity contribution is 6.31. The minimum absolute atomic E-state index is 0.0209. The van der Waals surface area contributed by atoms with Gasteiger partial charge >= 0.3 is 0 Å². The molecule has 1 aliphatic heterocycles. The minimum Gasteiger partial charge on any atom is -0.347 e. The molecule has 0 unspecified atom stereocenters. The maximum atomic E-state index is 9.24. The lowest BCUT2D eigenvalue weighted by Crippen LogP contribution is -2.21. The summed E-state index contributed by atoms with van der Waals surface area (Å²) in [5.74, 6) is 0. The SMILES string of the molecule is CCCCCCCCCN1C=C/C(=C/c2nc(C#N)c(C#N)nc2Cl)c2ccccc21. The highest BCUT2D eigenvalue weighted by Gasteiger charge is 2.17. The van der Waals surface area contributed by atoms with E-state index in [0.29, 0.717) is 5.69 Å². The van der Waals surface area contributed by atoms with Crippen molar-refractivity contribution in [2.75, 3.05) is 11.4 Å². The lowest BCUT2D eigenvalue weighted by molar-refractivity contribution is 0.590. The summed E-state index contributed by atoms with van der Waals surface area (Å²) in [5.41, 5.74) is 3.46. The van der Waals surface area contributed by atoms with Crippen LogP contribution in [0.4, 0.5) is 5.69 Å². The third-order valence-electron chi connectivity index (χ3n) is 5.34. The van der Waals surface area contributed by atoms with Gasteiger partial charge in [0.15, 0.2) is 16.5 Å². The summed E-state index contributed by atoms with van der Waals surface area (Å²) in [7, 11) is 0. The first-order valence-corrected chi connectivity index (χ1v) is 11.2. The first-order chi connectivity index (χ1) is 15.2. The van der Waals surface area contributed by atoms with Gasteiger partial charge in [0.05, 0.1) is 0 Å². The number of hydrogen-bond donors (Lipinski definition) is 0. The van der Waals surface area contributed by atoms with E-state index < -0.39 is 0 Å². The van der Waals surface area contributed by atoms with E-state index in [1.807, 2.05) is 36.4 Å². The van der Waals surface area contributed by atoms with E-state index in [-0.39, 0.29) is 16.5 Å². The van der Waals surface area contributed by atoms with Crippen LogP contribution in [0.2, 0.25) is 5.15 Å². The molecule has 1 aromatic carbocycles. The third-order valence-corrected chi connectivity index (χ3v) is 5.62. The average Bonchev–Trinajstić information content (AvgIpc) is 2.80. The van der Waals surface area contributed by atoms with Crippen LogP contribution in [0.1, 0.15) is 74.5 Å². The normalized spacial score (nSPS) is 13.7. The zero-order valence-electron chi connectivity index (χ0n) is 17.8. The monoisotopic (exact) mass is 431 g/mol. The van der Waals surface area contributed by atoms with Crippen LogP contribution in [0.3, 0.4) is 0 Å². The Balaban J connectivity index is 1.76. The average molecular weight is 432 g/mol. The molecule has 3 rings (SSSR count). The topological polar surface area (TPSA) is 76.6 Å². The molecule has 0 saturated heterocycles. The molecule has 0 aliphatic carbocycles. The zero-order valence-corrected chi connectivity index (χ0v) is 18.6. The maximum Gasteiger partial charge on any atom is 0.178 e. The summed E-state index contributed by atoms with van der Waals surface area (Å²) >= 11 is 6.23. The molecule has 1 aliphatic rings. The van der Waals surface area contributed by atoms with Crippen molar-refractivity contribution in [2.24, 2.45) is 0 Å². The molecule has 0 fully saturated rings. The van der Waals surface area contributed by atoms with Gasteiger partial charge in [0.2, 0.25) is 0 Å². The quantitative estimate of drug-likeness (QED) is 0.423. The molecule has 0 radical (unpaired) electrons. The number of hydrogen-bond acceptors (Lipinski definition) is 5. The van der Waals surface area contributed by atoms with Crippen LogP contribution in [0.5, 0.6) is 0 Å². The smallest absolute Gasteiger partial charge is 0.178 e. The molecule has 158 valence electrons. The highest BCUT2D eigenvalue weighted by atomic mass is 35.5. The summed E-state index contributed by atoms with van der Waals surface area (Å²) in [5, 5.41) is 18.4. The maximum absolute atomic E-state index is 9.24. The fourth-order valence-electron chi connectivity index (χ4n) is 3.69. The minimum atomic E-state index is -0.0601. The molecule has 5 nitrogen and oxygen atoms in total. The highest BCUT2D eigenvalue weighted by Crippen LogP contribution is 2.34. The Morgan fingerprint density at radius 1 is 0.968 bits per heavy atom. The van der Waals surface area contributed by atoms with E-state index in [0.717, 1.165) is 29.8 Å². The van der Waals surface area contributed by atoms with E-state index in [2.05, 4.69) is 40.1 Å². The number of aromatic nitrogens is 2. The molecular weight excluding hydrogens is 406 g/mol. The van der Waals surface area contributed by atoms with Crippen molar-refractivity contribution in [3.63, 3.8) is 0 Å². The van der Waals surface area contributed by atoms with Crippen molar-refractivity contribution >= 4 is 28.9 Å².